The average molecular weight is 501 g/mol. The molecule has 38 heavy (non-hydrogen) atoms. The number of hydrogen-bond acceptors (Lipinski definition) is 2. The number of phenolic OH excluding ortho intramolecular Hbond substituents is 1. The molecule has 0 aliphatic heterocycles. The van der Waals surface area contributed by atoms with Crippen molar-refractivity contribution in [2.75, 3.05) is 0 Å². The van der Waals surface area contributed by atoms with Crippen LogP contribution in [0.2, 0.25) is 0 Å². The highest BCUT2D eigenvalue weighted by Crippen LogP contribution is 2.53. The van der Waals surface area contributed by atoms with Crippen LogP contribution in [0.25, 0.3) is 10.8 Å². The molecule has 0 radical (unpaired) electrons. The molecular formula is C36H36O2. The highest BCUT2D eigenvalue weighted by atomic mass is 16.3. The van der Waals surface area contributed by atoms with Crippen LogP contribution in [0.1, 0.15) is 53.9 Å². The van der Waals surface area contributed by atoms with E-state index in [1.807, 2.05) is 12.1 Å². The lowest BCUT2D eigenvalue weighted by Crippen LogP contribution is -2.26. The molecule has 4 atom stereocenters. The van der Waals surface area contributed by atoms with Crippen LogP contribution in [0.15, 0.2) is 103 Å². The molecule has 1 saturated carbocycles. The van der Waals surface area contributed by atoms with Gasteiger partial charge in [-0.1, -0.05) is 102 Å². The zero-order valence-electron chi connectivity index (χ0n) is 22.1. The monoisotopic (exact) mass is 500 g/mol. The lowest BCUT2D eigenvalue weighted by atomic mass is 9.70. The first-order valence-electron chi connectivity index (χ1n) is 14.1. The van der Waals surface area contributed by atoms with Crippen LogP contribution in [-0.4, -0.2) is 10.9 Å². The minimum atomic E-state index is -0.0569. The summed E-state index contributed by atoms with van der Waals surface area (Å²) in [6.45, 7) is 2.13. The number of carbonyl (C=O) groups is 1. The van der Waals surface area contributed by atoms with Crippen molar-refractivity contribution in [1.82, 2.24) is 0 Å². The number of carbonyl (C=O) groups excluding carboxylic acids is 1. The van der Waals surface area contributed by atoms with E-state index in [0.717, 1.165) is 19.3 Å². The molecule has 2 aliphatic rings. The van der Waals surface area contributed by atoms with E-state index < -0.39 is 0 Å². The number of Topliss-reactive ketones (excluding diaryl/α,β-unsaturated/α-hetero) is 1. The van der Waals surface area contributed by atoms with Crippen LogP contribution in [0.4, 0.5) is 0 Å². The molecule has 4 aromatic rings. The number of benzene rings is 4. The molecular weight excluding hydrogens is 464 g/mol. The van der Waals surface area contributed by atoms with E-state index in [0.29, 0.717) is 29.8 Å². The molecule has 1 N–H and O–H groups in total. The van der Waals surface area contributed by atoms with Gasteiger partial charge in [0, 0.05) is 18.3 Å². The summed E-state index contributed by atoms with van der Waals surface area (Å²) in [5.41, 5.74) is 6.55. The molecule has 6 rings (SSSR count). The van der Waals surface area contributed by atoms with E-state index in [2.05, 4.69) is 79.7 Å². The molecule has 4 unspecified atom stereocenters. The second kappa shape index (κ2) is 10.6. The predicted octanol–water partition coefficient (Wildman–Crippen LogP) is 8.35. The van der Waals surface area contributed by atoms with Crippen molar-refractivity contribution in [2.45, 2.75) is 51.4 Å². The van der Waals surface area contributed by atoms with Crippen molar-refractivity contribution in [2.24, 2.45) is 17.8 Å². The smallest absolute Gasteiger partial charge is 0.140 e. The van der Waals surface area contributed by atoms with Gasteiger partial charge in [0.15, 0.2) is 0 Å². The first kappa shape index (κ1) is 24.7. The lowest BCUT2D eigenvalue weighted by molar-refractivity contribution is -0.122. The highest BCUT2D eigenvalue weighted by Gasteiger charge is 2.44. The SMILES string of the molecule is Cc1ccc(C2C(C(=O)CCc3ccc4ccccc4c3)C=C3C(Cc4ccc(O)cc4)CCCC32)cc1. The third-order valence-corrected chi connectivity index (χ3v) is 8.89. The summed E-state index contributed by atoms with van der Waals surface area (Å²) in [5.74, 6) is 1.75. The summed E-state index contributed by atoms with van der Waals surface area (Å²) in [6.07, 6.45) is 8.23. The van der Waals surface area contributed by atoms with E-state index >= 15 is 0 Å². The van der Waals surface area contributed by atoms with Gasteiger partial charge >= 0.3 is 0 Å². The van der Waals surface area contributed by atoms with Gasteiger partial charge in [0.2, 0.25) is 0 Å². The fourth-order valence-electron chi connectivity index (χ4n) is 6.91. The van der Waals surface area contributed by atoms with Crippen molar-refractivity contribution in [3.63, 3.8) is 0 Å². The summed E-state index contributed by atoms with van der Waals surface area (Å²) in [6, 6.07) is 31.6. The Balaban J connectivity index is 1.26. The van der Waals surface area contributed by atoms with Gasteiger partial charge in [-0.25, -0.2) is 0 Å². The molecule has 0 aromatic heterocycles. The Kier molecular flexibility index (Phi) is 6.89. The molecule has 1 fully saturated rings. The molecule has 2 aliphatic carbocycles. The molecule has 2 heteroatoms. The Morgan fingerprint density at radius 1 is 0.842 bits per heavy atom. The minimum absolute atomic E-state index is 0.0569. The topological polar surface area (TPSA) is 37.3 Å². The maximum atomic E-state index is 13.9. The lowest BCUT2D eigenvalue weighted by Gasteiger charge is -2.34. The highest BCUT2D eigenvalue weighted by molar-refractivity contribution is 5.86. The van der Waals surface area contributed by atoms with Crippen molar-refractivity contribution in [3.05, 3.63) is 125 Å². The van der Waals surface area contributed by atoms with E-state index in [-0.39, 0.29) is 11.8 Å². The van der Waals surface area contributed by atoms with Crippen LogP contribution >= 0.6 is 0 Å². The number of ketones is 1. The van der Waals surface area contributed by atoms with E-state index in [1.54, 1.807) is 12.1 Å². The normalized spacial score (nSPS) is 22.7. The van der Waals surface area contributed by atoms with Crippen molar-refractivity contribution in [3.8, 4) is 5.75 Å². The average Bonchev–Trinajstić information content (AvgIpc) is 3.34. The maximum Gasteiger partial charge on any atom is 0.140 e. The molecule has 0 spiro atoms. The molecule has 0 saturated heterocycles. The zero-order valence-corrected chi connectivity index (χ0v) is 22.1. The molecule has 2 nitrogen and oxygen atoms in total. The Morgan fingerprint density at radius 3 is 2.37 bits per heavy atom. The van der Waals surface area contributed by atoms with Gasteiger partial charge in [0.05, 0.1) is 0 Å². The standard InChI is InChI=1S/C36H36O2/c1-24-9-15-28(16-10-24)36-32-8-4-7-30(22-26-12-18-31(37)19-13-26)33(32)23-34(36)35(38)20-14-25-11-17-27-5-2-3-6-29(27)21-25/h2-3,5-6,9-13,15-19,21,23,30,32,34,36-37H,4,7-8,14,20,22H2,1H3. The number of phenols is 1. The largest absolute Gasteiger partial charge is 0.508 e. The van der Waals surface area contributed by atoms with Gasteiger partial charge in [-0.05, 0) is 84.0 Å². The van der Waals surface area contributed by atoms with Crippen molar-refractivity contribution >= 4 is 16.6 Å². The minimum Gasteiger partial charge on any atom is -0.508 e. The molecule has 0 bridgehead atoms. The van der Waals surface area contributed by atoms with Gasteiger partial charge in [0.25, 0.3) is 0 Å². The van der Waals surface area contributed by atoms with Gasteiger partial charge in [-0.2, -0.15) is 0 Å². The van der Waals surface area contributed by atoms with Gasteiger partial charge < -0.3 is 5.11 Å². The fraction of sp³-hybridized carbons (Fsp3) is 0.306. The molecule has 0 amide bonds. The summed E-state index contributed by atoms with van der Waals surface area (Å²) >= 11 is 0. The fourth-order valence-corrected chi connectivity index (χ4v) is 6.91. The van der Waals surface area contributed by atoms with Crippen molar-refractivity contribution in [1.29, 1.82) is 0 Å². The number of aryl methyl sites for hydroxylation is 2. The molecule has 4 aromatic carbocycles. The van der Waals surface area contributed by atoms with Crippen LogP contribution in [0.5, 0.6) is 5.75 Å². The number of rotatable bonds is 7. The third-order valence-electron chi connectivity index (χ3n) is 8.89. The molecule has 0 heterocycles. The van der Waals surface area contributed by atoms with E-state index in [1.165, 1.54) is 51.4 Å². The summed E-state index contributed by atoms with van der Waals surface area (Å²) in [7, 11) is 0. The Bertz CT molecular complexity index is 1460. The zero-order chi connectivity index (χ0) is 26.1. The first-order valence-corrected chi connectivity index (χ1v) is 14.1. The summed E-state index contributed by atoms with van der Waals surface area (Å²) in [5, 5.41) is 12.2. The molecule has 192 valence electrons. The van der Waals surface area contributed by atoms with Crippen LogP contribution in [-0.2, 0) is 17.6 Å². The summed E-state index contributed by atoms with van der Waals surface area (Å²) < 4.78 is 0. The quantitative estimate of drug-likeness (QED) is 0.259. The second-order valence-electron chi connectivity index (χ2n) is 11.4. The first-order chi connectivity index (χ1) is 18.5. The maximum absolute atomic E-state index is 13.9. The number of hydrogen-bond donors (Lipinski definition) is 1. The van der Waals surface area contributed by atoms with Crippen LogP contribution in [0, 0.1) is 24.7 Å². The Hall–Kier alpha value is -3.65. The Labute approximate surface area is 226 Å². The number of fused-ring (bicyclic) bond motifs is 2. The number of allylic oxidation sites excluding steroid dienone is 2. The summed E-state index contributed by atoms with van der Waals surface area (Å²) in [4.78, 5) is 13.9. The van der Waals surface area contributed by atoms with E-state index in [4.69, 9.17) is 0 Å². The Morgan fingerprint density at radius 2 is 1.58 bits per heavy atom. The van der Waals surface area contributed by atoms with Crippen LogP contribution in [0.3, 0.4) is 0 Å². The van der Waals surface area contributed by atoms with Gasteiger partial charge in [-0.3, -0.25) is 4.79 Å². The van der Waals surface area contributed by atoms with Crippen molar-refractivity contribution < 1.29 is 9.90 Å². The van der Waals surface area contributed by atoms with E-state index in [9.17, 15) is 9.90 Å². The van der Waals surface area contributed by atoms with Gasteiger partial charge in [0.1, 0.15) is 11.5 Å². The third kappa shape index (κ3) is 5.05. The van der Waals surface area contributed by atoms with Crippen LogP contribution < -0.4 is 0 Å². The number of aromatic hydroxyl groups is 1. The second-order valence-corrected chi connectivity index (χ2v) is 11.4. The van der Waals surface area contributed by atoms with Gasteiger partial charge in [-0.15, -0.1) is 0 Å². The predicted molar refractivity (Wildman–Crippen MR) is 155 cm³/mol.